The Kier molecular flexibility index (Phi) is 4.46. The predicted octanol–water partition coefficient (Wildman–Crippen LogP) is 3.56. The molecule has 118 valence electrons. The summed E-state index contributed by atoms with van der Waals surface area (Å²) in [5.41, 5.74) is 2.10. The Labute approximate surface area is 132 Å². The number of hydrogen-bond donors (Lipinski definition) is 0. The number of para-hydroxylation sites is 2. The molecular formula is C18H25N3O. The highest BCUT2D eigenvalue weighted by atomic mass is 16.2. The molecule has 0 N–H and O–H groups in total. The van der Waals surface area contributed by atoms with Gasteiger partial charge in [0.15, 0.2) is 0 Å². The first-order valence-corrected chi connectivity index (χ1v) is 8.47. The van der Waals surface area contributed by atoms with E-state index in [1.165, 1.54) is 25.7 Å². The summed E-state index contributed by atoms with van der Waals surface area (Å²) >= 11 is 0. The van der Waals surface area contributed by atoms with Crippen LogP contribution in [0.3, 0.4) is 0 Å². The number of imidazole rings is 1. The maximum Gasteiger partial charge on any atom is 0.242 e. The lowest BCUT2D eigenvalue weighted by atomic mass is 10.1. The lowest BCUT2D eigenvalue weighted by Crippen LogP contribution is -2.33. The van der Waals surface area contributed by atoms with Gasteiger partial charge in [0, 0.05) is 19.0 Å². The van der Waals surface area contributed by atoms with Crippen LogP contribution in [0, 0.1) is 0 Å². The van der Waals surface area contributed by atoms with E-state index in [0.29, 0.717) is 12.5 Å². The van der Waals surface area contributed by atoms with Gasteiger partial charge in [-0.15, -0.1) is 0 Å². The van der Waals surface area contributed by atoms with Gasteiger partial charge in [-0.2, -0.15) is 0 Å². The van der Waals surface area contributed by atoms with Crippen LogP contribution in [0.15, 0.2) is 24.3 Å². The van der Waals surface area contributed by atoms with Crippen molar-refractivity contribution in [2.75, 3.05) is 13.1 Å². The highest BCUT2D eigenvalue weighted by Gasteiger charge is 2.25. The zero-order valence-electron chi connectivity index (χ0n) is 13.6. The van der Waals surface area contributed by atoms with Crippen molar-refractivity contribution in [3.05, 3.63) is 30.1 Å². The van der Waals surface area contributed by atoms with E-state index in [1.54, 1.807) is 0 Å². The molecule has 4 heteroatoms. The molecule has 0 spiro atoms. The van der Waals surface area contributed by atoms with Crippen molar-refractivity contribution >= 4 is 16.9 Å². The molecule has 1 aromatic heterocycles. The number of carbonyl (C=O) groups excluding carboxylic acids is 1. The summed E-state index contributed by atoms with van der Waals surface area (Å²) in [6, 6.07) is 8.17. The minimum Gasteiger partial charge on any atom is -0.342 e. The Hall–Kier alpha value is -1.84. The Morgan fingerprint density at radius 1 is 1.23 bits per heavy atom. The molecular weight excluding hydrogens is 274 g/mol. The Morgan fingerprint density at radius 2 is 1.91 bits per heavy atom. The third kappa shape index (κ3) is 2.74. The fourth-order valence-electron chi connectivity index (χ4n) is 3.57. The Bertz CT molecular complexity index is 651. The first kappa shape index (κ1) is 15.1. The second-order valence-corrected chi connectivity index (χ2v) is 6.09. The van der Waals surface area contributed by atoms with Gasteiger partial charge in [0.1, 0.15) is 12.4 Å². The zero-order valence-corrected chi connectivity index (χ0v) is 13.6. The summed E-state index contributed by atoms with van der Waals surface area (Å²) in [4.78, 5) is 19.3. The molecule has 22 heavy (non-hydrogen) atoms. The van der Waals surface area contributed by atoms with Gasteiger partial charge >= 0.3 is 0 Å². The molecule has 3 rings (SSSR count). The monoisotopic (exact) mass is 299 g/mol. The van der Waals surface area contributed by atoms with E-state index in [1.807, 2.05) is 36.9 Å². The van der Waals surface area contributed by atoms with E-state index >= 15 is 0 Å². The van der Waals surface area contributed by atoms with Gasteiger partial charge < -0.3 is 9.47 Å². The van der Waals surface area contributed by atoms with Crippen molar-refractivity contribution in [1.29, 1.82) is 0 Å². The molecule has 0 unspecified atom stereocenters. The Balaban J connectivity index is 1.98. The van der Waals surface area contributed by atoms with Gasteiger partial charge in [0.2, 0.25) is 5.91 Å². The number of nitrogens with zero attached hydrogens (tertiary/aromatic N) is 3. The highest BCUT2D eigenvalue weighted by Crippen LogP contribution is 2.35. The van der Waals surface area contributed by atoms with E-state index in [-0.39, 0.29) is 5.91 Å². The normalized spacial score (nSPS) is 15.5. The van der Waals surface area contributed by atoms with Gasteiger partial charge in [-0.1, -0.05) is 25.0 Å². The van der Waals surface area contributed by atoms with Crippen LogP contribution in [0.5, 0.6) is 0 Å². The van der Waals surface area contributed by atoms with Crippen molar-refractivity contribution < 1.29 is 4.79 Å². The number of aromatic nitrogens is 2. The second-order valence-electron chi connectivity index (χ2n) is 6.09. The smallest absolute Gasteiger partial charge is 0.242 e. The first-order chi connectivity index (χ1) is 10.7. The zero-order chi connectivity index (χ0) is 15.5. The molecule has 0 radical (unpaired) electrons. The molecule has 4 nitrogen and oxygen atoms in total. The molecule has 1 fully saturated rings. The van der Waals surface area contributed by atoms with Crippen molar-refractivity contribution in [3.63, 3.8) is 0 Å². The summed E-state index contributed by atoms with van der Waals surface area (Å²) in [6.07, 6.45) is 4.95. The first-order valence-electron chi connectivity index (χ1n) is 8.47. The predicted molar refractivity (Wildman–Crippen MR) is 88.9 cm³/mol. The minimum atomic E-state index is 0.187. The number of likely N-dealkylation sites (N-methyl/N-ethyl adjacent to an activating group) is 1. The van der Waals surface area contributed by atoms with Crippen molar-refractivity contribution in [1.82, 2.24) is 14.5 Å². The van der Waals surface area contributed by atoms with Crippen LogP contribution in [0.4, 0.5) is 0 Å². The average Bonchev–Trinajstić information content (AvgIpc) is 3.16. The SMILES string of the molecule is CCN(CC)C(=O)Cn1c(C2CCCC2)nc2ccccc21. The molecule has 1 heterocycles. The van der Waals surface area contributed by atoms with Gasteiger partial charge in [-0.25, -0.2) is 4.98 Å². The standard InChI is InChI=1S/C18H25N3O/c1-3-20(4-2)17(22)13-21-16-12-8-7-11-15(16)19-18(21)14-9-5-6-10-14/h7-8,11-12,14H,3-6,9-10,13H2,1-2H3. The third-order valence-electron chi connectivity index (χ3n) is 4.81. The molecule has 1 aliphatic carbocycles. The fraction of sp³-hybridized carbons (Fsp3) is 0.556. The topological polar surface area (TPSA) is 38.1 Å². The molecule has 1 amide bonds. The molecule has 0 saturated heterocycles. The van der Waals surface area contributed by atoms with Crippen LogP contribution in [-0.4, -0.2) is 33.4 Å². The molecule has 1 saturated carbocycles. The van der Waals surface area contributed by atoms with Crippen molar-refractivity contribution in [2.24, 2.45) is 0 Å². The van der Waals surface area contributed by atoms with Gasteiger partial charge in [-0.05, 0) is 38.8 Å². The van der Waals surface area contributed by atoms with E-state index in [9.17, 15) is 4.79 Å². The molecule has 1 aliphatic rings. The lowest BCUT2D eigenvalue weighted by Gasteiger charge is -2.20. The Morgan fingerprint density at radius 3 is 2.59 bits per heavy atom. The van der Waals surface area contributed by atoms with E-state index in [0.717, 1.165) is 29.9 Å². The number of fused-ring (bicyclic) bond motifs is 1. The summed E-state index contributed by atoms with van der Waals surface area (Å²) < 4.78 is 2.16. The van der Waals surface area contributed by atoms with Crippen LogP contribution in [-0.2, 0) is 11.3 Å². The van der Waals surface area contributed by atoms with Crippen LogP contribution in [0.1, 0.15) is 51.3 Å². The van der Waals surface area contributed by atoms with E-state index in [2.05, 4.69) is 10.6 Å². The highest BCUT2D eigenvalue weighted by molar-refractivity contribution is 5.81. The summed E-state index contributed by atoms with van der Waals surface area (Å²) in [6.45, 7) is 6.01. The molecule has 1 aromatic carbocycles. The van der Waals surface area contributed by atoms with Crippen LogP contribution in [0.25, 0.3) is 11.0 Å². The number of rotatable bonds is 5. The van der Waals surface area contributed by atoms with Crippen molar-refractivity contribution in [3.8, 4) is 0 Å². The third-order valence-corrected chi connectivity index (χ3v) is 4.81. The quantitative estimate of drug-likeness (QED) is 0.846. The summed E-state index contributed by atoms with van der Waals surface area (Å²) in [5, 5.41) is 0. The van der Waals surface area contributed by atoms with E-state index in [4.69, 9.17) is 4.98 Å². The van der Waals surface area contributed by atoms with Crippen LogP contribution >= 0.6 is 0 Å². The lowest BCUT2D eigenvalue weighted by molar-refractivity contribution is -0.131. The molecule has 2 aromatic rings. The van der Waals surface area contributed by atoms with Gasteiger partial charge in [0.25, 0.3) is 0 Å². The van der Waals surface area contributed by atoms with Crippen molar-refractivity contribution in [2.45, 2.75) is 52.0 Å². The summed E-state index contributed by atoms with van der Waals surface area (Å²) in [5.74, 6) is 1.81. The maximum atomic E-state index is 12.6. The summed E-state index contributed by atoms with van der Waals surface area (Å²) in [7, 11) is 0. The molecule has 0 atom stereocenters. The number of hydrogen-bond acceptors (Lipinski definition) is 2. The van der Waals surface area contributed by atoms with E-state index < -0.39 is 0 Å². The molecule has 0 aliphatic heterocycles. The van der Waals surface area contributed by atoms with Crippen LogP contribution < -0.4 is 0 Å². The minimum absolute atomic E-state index is 0.187. The van der Waals surface area contributed by atoms with Crippen LogP contribution in [0.2, 0.25) is 0 Å². The largest absolute Gasteiger partial charge is 0.342 e. The van der Waals surface area contributed by atoms with Gasteiger partial charge in [-0.3, -0.25) is 4.79 Å². The number of benzene rings is 1. The second kappa shape index (κ2) is 6.51. The van der Waals surface area contributed by atoms with Gasteiger partial charge in [0.05, 0.1) is 11.0 Å². The number of amides is 1. The fourth-order valence-corrected chi connectivity index (χ4v) is 3.57. The number of carbonyl (C=O) groups is 1. The average molecular weight is 299 g/mol. The molecule has 0 bridgehead atoms. The maximum absolute atomic E-state index is 12.6.